The lowest BCUT2D eigenvalue weighted by Gasteiger charge is -2.34. The SMILES string of the molecule is CSCCC(NC(C)=O)C(=O)N1CCCC(Oc2nc(C)cc(C)n2)C1. The predicted octanol–water partition coefficient (Wildman–Crippen LogP) is 1.72. The summed E-state index contributed by atoms with van der Waals surface area (Å²) in [6, 6.07) is 1.78. The highest BCUT2D eigenvalue weighted by molar-refractivity contribution is 7.98. The molecule has 1 aliphatic rings. The summed E-state index contributed by atoms with van der Waals surface area (Å²) in [5.41, 5.74) is 1.72. The maximum atomic E-state index is 12.9. The van der Waals surface area contributed by atoms with Gasteiger partial charge >= 0.3 is 6.01 Å². The molecule has 2 rings (SSSR count). The fourth-order valence-electron chi connectivity index (χ4n) is 3.09. The second-order valence-electron chi connectivity index (χ2n) is 6.63. The number of thioether (sulfide) groups is 1. The van der Waals surface area contributed by atoms with Crippen LogP contribution in [-0.2, 0) is 9.59 Å². The Hall–Kier alpha value is -1.83. The van der Waals surface area contributed by atoms with E-state index in [4.69, 9.17) is 4.74 Å². The monoisotopic (exact) mass is 380 g/mol. The first-order valence-electron chi connectivity index (χ1n) is 8.92. The van der Waals surface area contributed by atoms with Crippen molar-refractivity contribution >= 4 is 23.6 Å². The number of nitrogens with zero attached hydrogens (tertiary/aromatic N) is 3. The number of likely N-dealkylation sites (tertiary alicyclic amines) is 1. The summed E-state index contributed by atoms with van der Waals surface area (Å²) in [6.45, 7) is 6.43. The number of carbonyl (C=O) groups is 2. The number of nitrogens with one attached hydrogen (secondary N) is 1. The fourth-order valence-corrected chi connectivity index (χ4v) is 3.56. The molecule has 0 aliphatic carbocycles. The molecule has 1 N–H and O–H groups in total. The van der Waals surface area contributed by atoms with E-state index in [0.29, 0.717) is 25.5 Å². The molecular formula is C18H28N4O3S. The molecule has 2 amide bonds. The molecule has 0 aromatic carbocycles. The largest absolute Gasteiger partial charge is 0.458 e. The summed E-state index contributed by atoms with van der Waals surface area (Å²) in [4.78, 5) is 34.7. The molecule has 2 heterocycles. The second-order valence-corrected chi connectivity index (χ2v) is 7.62. The Morgan fingerprint density at radius 1 is 1.38 bits per heavy atom. The van der Waals surface area contributed by atoms with Crippen molar-refractivity contribution in [2.75, 3.05) is 25.1 Å². The van der Waals surface area contributed by atoms with Crippen molar-refractivity contribution in [3.63, 3.8) is 0 Å². The Bertz CT molecular complexity index is 621. The van der Waals surface area contributed by atoms with Crippen molar-refractivity contribution in [3.05, 3.63) is 17.5 Å². The third kappa shape index (κ3) is 6.16. The molecule has 0 bridgehead atoms. The average Bonchev–Trinajstić information content (AvgIpc) is 2.57. The number of aryl methyl sites for hydroxylation is 2. The van der Waals surface area contributed by atoms with Crippen LogP contribution in [0, 0.1) is 13.8 Å². The van der Waals surface area contributed by atoms with E-state index in [2.05, 4.69) is 15.3 Å². The van der Waals surface area contributed by atoms with E-state index in [0.717, 1.165) is 30.0 Å². The number of hydrogen-bond acceptors (Lipinski definition) is 6. The summed E-state index contributed by atoms with van der Waals surface area (Å²) >= 11 is 1.66. The van der Waals surface area contributed by atoms with Crippen LogP contribution in [0.4, 0.5) is 0 Å². The fraction of sp³-hybridized carbons (Fsp3) is 0.667. The van der Waals surface area contributed by atoms with Crippen molar-refractivity contribution < 1.29 is 14.3 Å². The van der Waals surface area contributed by atoms with Gasteiger partial charge in [0.25, 0.3) is 0 Å². The number of carbonyl (C=O) groups excluding carboxylic acids is 2. The Balaban J connectivity index is 2.00. The van der Waals surface area contributed by atoms with Crippen LogP contribution in [-0.4, -0.2) is 63.9 Å². The molecule has 0 saturated carbocycles. The summed E-state index contributed by atoms with van der Waals surface area (Å²) in [5.74, 6) is 0.600. The summed E-state index contributed by atoms with van der Waals surface area (Å²) in [7, 11) is 0. The second kappa shape index (κ2) is 9.75. The third-order valence-corrected chi connectivity index (χ3v) is 4.85. The predicted molar refractivity (Wildman–Crippen MR) is 102 cm³/mol. The number of rotatable bonds is 7. The number of piperidine rings is 1. The van der Waals surface area contributed by atoms with Crippen molar-refractivity contribution in [2.45, 2.75) is 52.2 Å². The minimum Gasteiger partial charge on any atom is -0.458 e. The van der Waals surface area contributed by atoms with Crippen molar-refractivity contribution in [1.29, 1.82) is 0 Å². The van der Waals surface area contributed by atoms with Gasteiger partial charge in [0.1, 0.15) is 12.1 Å². The Morgan fingerprint density at radius 2 is 2.08 bits per heavy atom. The molecule has 1 aromatic rings. The van der Waals surface area contributed by atoms with E-state index >= 15 is 0 Å². The zero-order chi connectivity index (χ0) is 19.1. The average molecular weight is 381 g/mol. The smallest absolute Gasteiger partial charge is 0.317 e. The molecule has 1 fully saturated rings. The number of hydrogen-bond donors (Lipinski definition) is 1. The van der Waals surface area contributed by atoms with Gasteiger partial charge in [0.15, 0.2) is 0 Å². The first-order valence-corrected chi connectivity index (χ1v) is 10.3. The van der Waals surface area contributed by atoms with Crippen molar-refractivity contribution in [1.82, 2.24) is 20.2 Å². The van der Waals surface area contributed by atoms with E-state index in [-0.39, 0.29) is 17.9 Å². The van der Waals surface area contributed by atoms with Crippen LogP contribution < -0.4 is 10.1 Å². The Morgan fingerprint density at radius 3 is 2.69 bits per heavy atom. The van der Waals surface area contributed by atoms with Gasteiger partial charge in [-0.05, 0) is 51.2 Å². The molecule has 0 radical (unpaired) electrons. The molecule has 2 unspecified atom stereocenters. The molecule has 144 valence electrons. The zero-order valence-corrected chi connectivity index (χ0v) is 16.8. The first-order chi connectivity index (χ1) is 12.4. The van der Waals surface area contributed by atoms with Crippen molar-refractivity contribution in [2.24, 2.45) is 0 Å². The topological polar surface area (TPSA) is 84.4 Å². The van der Waals surface area contributed by atoms with Gasteiger partial charge in [-0.2, -0.15) is 11.8 Å². The van der Waals surface area contributed by atoms with E-state index in [1.165, 1.54) is 6.92 Å². The Kier molecular flexibility index (Phi) is 7.68. The van der Waals surface area contributed by atoms with Gasteiger partial charge in [-0.25, -0.2) is 9.97 Å². The van der Waals surface area contributed by atoms with Crippen LogP contribution in [0.5, 0.6) is 6.01 Å². The number of aromatic nitrogens is 2. The summed E-state index contributed by atoms with van der Waals surface area (Å²) in [5, 5.41) is 2.78. The van der Waals surface area contributed by atoms with Gasteiger partial charge in [0.05, 0.1) is 6.54 Å². The number of ether oxygens (including phenoxy) is 1. The van der Waals surface area contributed by atoms with Gasteiger partial charge < -0.3 is 15.0 Å². The lowest BCUT2D eigenvalue weighted by Crippen LogP contribution is -2.53. The molecule has 0 spiro atoms. The van der Waals surface area contributed by atoms with Gasteiger partial charge in [-0.1, -0.05) is 0 Å². The van der Waals surface area contributed by atoms with Gasteiger partial charge in [-0.3, -0.25) is 9.59 Å². The minimum atomic E-state index is -0.476. The van der Waals surface area contributed by atoms with Crippen LogP contribution in [0.25, 0.3) is 0 Å². The Labute approximate surface area is 159 Å². The van der Waals surface area contributed by atoms with Crippen LogP contribution in [0.3, 0.4) is 0 Å². The maximum Gasteiger partial charge on any atom is 0.317 e. The first kappa shape index (κ1) is 20.5. The molecule has 2 atom stereocenters. The maximum absolute atomic E-state index is 12.9. The minimum absolute atomic E-state index is 0.0381. The van der Waals surface area contributed by atoms with E-state index in [9.17, 15) is 9.59 Å². The van der Waals surface area contributed by atoms with Crippen LogP contribution in [0.2, 0.25) is 0 Å². The van der Waals surface area contributed by atoms with E-state index in [1.54, 1.807) is 16.7 Å². The normalized spacial score (nSPS) is 18.3. The summed E-state index contributed by atoms with van der Waals surface area (Å²) in [6.07, 6.45) is 4.20. The van der Waals surface area contributed by atoms with E-state index in [1.807, 2.05) is 26.2 Å². The highest BCUT2D eigenvalue weighted by Crippen LogP contribution is 2.18. The molecule has 7 nitrogen and oxygen atoms in total. The molecule has 26 heavy (non-hydrogen) atoms. The van der Waals surface area contributed by atoms with Gasteiger partial charge in [0.2, 0.25) is 11.8 Å². The van der Waals surface area contributed by atoms with Gasteiger partial charge in [-0.15, -0.1) is 0 Å². The quantitative estimate of drug-likeness (QED) is 0.775. The van der Waals surface area contributed by atoms with Crippen molar-refractivity contribution in [3.8, 4) is 6.01 Å². The third-order valence-electron chi connectivity index (χ3n) is 4.21. The van der Waals surface area contributed by atoms with Gasteiger partial charge in [0, 0.05) is 24.9 Å². The molecule has 8 heteroatoms. The summed E-state index contributed by atoms with van der Waals surface area (Å²) < 4.78 is 5.93. The van der Waals surface area contributed by atoms with E-state index < -0.39 is 6.04 Å². The zero-order valence-electron chi connectivity index (χ0n) is 15.9. The molecular weight excluding hydrogens is 352 g/mol. The standard InChI is InChI=1S/C18H28N4O3S/c1-12-10-13(2)20-18(19-12)25-15-6-5-8-22(11-15)17(24)16(7-9-26-4)21-14(3)23/h10,15-16H,5-9,11H2,1-4H3,(H,21,23). The molecule has 1 aromatic heterocycles. The van der Waals surface area contributed by atoms with Crippen LogP contribution >= 0.6 is 11.8 Å². The highest BCUT2D eigenvalue weighted by Gasteiger charge is 2.30. The number of amides is 2. The highest BCUT2D eigenvalue weighted by atomic mass is 32.2. The lowest BCUT2D eigenvalue weighted by atomic mass is 10.1. The van der Waals surface area contributed by atoms with Crippen LogP contribution in [0.1, 0.15) is 37.6 Å². The van der Waals surface area contributed by atoms with Crippen LogP contribution in [0.15, 0.2) is 6.07 Å². The molecule has 1 aliphatic heterocycles. The molecule has 1 saturated heterocycles. The lowest BCUT2D eigenvalue weighted by molar-refractivity contribution is -0.138.